The number of nitrogens with one attached hydrogen (secondary N) is 2. The fraction of sp³-hybridized carbons (Fsp3) is 0. The average molecular weight is 761 g/mol. The fourth-order valence-electron chi connectivity index (χ4n) is 7.24. The summed E-state index contributed by atoms with van der Waals surface area (Å²) in [6, 6.07) is 64.4. The minimum Gasteiger partial charge on any atom is -0.323 e. The molecular weight excluding hydrogens is 723 g/mol. The van der Waals surface area contributed by atoms with E-state index < -0.39 is 15.8 Å². The molecule has 0 spiro atoms. The van der Waals surface area contributed by atoms with E-state index in [1.165, 1.54) is 44.0 Å². The zero-order valence-electron chi connectivity index (χ0n) is 30.6. The van der Waals surface area contributed by atoms with Crippen molar-refractivity contribution in [3.8, 4) is 11.1 Å². The van der Waals surface area contributed by atoms with E-state index in [-0.39, 0.29) is 11.8 Å². The summed E-state index contributed by atoms with van der Waals surface area (Å²) in [5, 5.41) is 17.5. The third kappa shape index (κ3) is 7.46. The lowest BCUT2D eigenvalue weighted by Gasteiger charge is -2.28. The van der Waals surface area contributed by atoms with E-state index in [4.69, 9.17) is 0 Å². The highest BCUT2D eigenvalue weighted by Crippen LogP contribution is 2.46. The molecule has 0 aromatic heterocycles. The topological polar surface area (TPSA) is 58.2 Å². The van der Waals surface area contributed by atoms with Crippen molar-refractivity contribution in [2.24, 2.45) is 0 Å². The Hall–Kier alpha value is -6.44. The van der Waals surface area contributed by atoms with E-state index in [0.717, 1.165) is 32.7 Å². The van der Waals surface area contributed by atoms with Gasteiger partial charge in [-0.05, 0) is 117 Å². The lowest BCUT2D eigenvalue weighted by Crippen LogP contribution is -2.26. The molecule has 0 saturated carbocycles. The normalized spacial score (nSPS) is 11.1. The van der Waals surface area contributed by atoms with Gasteiger partial charge in [0.05, 0.1) is 0 Å². The van der Waals surface area contributed by atoms with E-state index >= 15 is 0 Å². The van der Waals surface area contributed by atoms with Gasteiger partial charge in [-0.2, -0.15) is 0 Å². The molecule has 2 N–H and O–H groups in total. The summed E-state index contributed by atoms with van der Waals surface area (Å²) in [5.41, 5.74) is 3.69. The molecule has 6 heteroatoms. The van der Waals surface area contributed by atoms with Crippen LogP contribution in [-0.2, 0) is 9.59 Å². The van der Waals surface area contributed by atoms with Gasteiger partial charge in [0.1, 0.15) is 0 Å². The number of fused-ring (bicyclic) bond motifs is 2. The number of hydrogen-bond donors (Lipinski definition) is 2. The maximum Gasteiger partial charge on any atom is 0.247 e. The third-order valence-electron chi connectivity index (χ3n) is 9.69. The Labute approximate surface area is 329 Å². The van der Waals surface area contributed by atoms with Gasteiger partial charge in [0.2, 0.25) is 11.8 Å². The number of benzene rings is 8. The van der Waals surface area contributed by atoms with Gasteiger partial charge in [0.25, 0.3) is 0 Å². The number of hydrogen-bond acceptors (Lipinski definition) is 2. The number of carbonyl (C=O) groups is 2. The SMILES string of the molecule is C=CC(=O)Nc1ccc2c(-c3c(P(c4ccccc4)c4ccccc4)ccc4cc(NC(=O)C=C)ccc34)c(P(c3ccccc3)c3ccccc3)ccc2c1. The first-order valence-electron chi connectivity index (χ1n) is 18.3. The van der Waals surface area contributed by atoms with E-state index in [9.17, 15) is 9.59 Å². The first-order valence-corrected chi connectivity index (χ1v) is 21.0. The lowest BCUT2D eigenvalue weighted by molar-refractivity contribution is -0.112. The Morgan fingerprint density at radius 1 is 0.411 bits per heavy atom. The summed E-state index contributed by atoms with van der Waals surface area (Å²) < 4.78 is 0. The van der Waals surface area contributed by atoms with Gasteiger partial charge >= 0.3 is 0 Å². The smallest absolute Gasteiger partial charge is 0.247 e. The van der Waals surface area contributed by atoms with Crippen LogP contribution in [0.3, 0.4) is 0 Å². The van der Waals surface area contributed by atoms with E-state index in [1.54, 1.807) is 0 Å². The van der Waals surface area contributed by atoms with Gasteiger partial charge in [-0.1, -0.05) is 171 Å². The molecule has 0 aliphatic carbocycles. The van der Waals surface area contributed by atoms with Crippen molar-refractivity contribution in [3.05, 3.63) is 207 Å². The number of rotatable bonds is 11. The zero-order valence-corrected chi connectivity index (χ0v) is 32.4. The second kappa shape index (κ2) is 16.5. The Kier molecular flexibility index (Phi) is 10.8. The largest absolute Gasteiger partial charge is 0.323 e. The maximum atomic E-state index is 12.5. The highest BCUT2D eigenvalue weighted by atomic mass is 31.1. The monoisotopic (exact) mass is 760 g/mol. The summed E-state index contributed by atoms with van der Waals surface area (Å²) in [7, 11) is -2.10. The molecule has 0 bridgehead atoms. The standard InChI is InChI=1S/C50H38N2O2P2/c1-3-47(53)51-37-27-29-43-35(33-37)25-31-45(55(39-17-9-5-10-18-39)40-19-11-6-12-20-40)49(43)50-44-30-28-38(52-48(54)4-2)34-36(44)26-32-46(50)56(41-21-13-7-14-22-41)42-23-15-8-16-24-42/h3-34H,1-2H2,(H,51,53)(H,52,54). The molecule has 0 aliphatic heterocycles. The van der Waals surface area contributed by atoms with Crippen LogP contribution in [0.25, 0.3) is 32.7 Å². The van der Waals surface area contributed by atoms with Crippen molar-refractivity contribution < 1.29 is 9.59 Å². The van der Waals surface area contributed by atoms with E-state index in [0.29, 0.717) is 11.4 Å². The van der Waals surface area contributed by atoms with Crippen LogP contribution < -0.4 is 42.5 Å². The van der Waals surface area contributed by atoms with E-state index in [1.807, 2.05) is 24.3 Å². The molecule has 0 unspecified atom stereocenters. The van der Waals surface area contributed by atoms with Crippen molar-refractivity contribution in [2.45, 2.75) is 0 Å². The Morgan fingerprint density at radius 3 is 1.04 bits per heavy atom. The van der Waals surface area contributed by atoms with Crippen LogP contribution in [0.2, 0.25) is 0 Å². The Bertz CT molecular complexity index is 2450. The molecule has 2 amide bonds. The fourth-order valence-corrected chi connectivity index (χ4v) is 12.2. The van der Waals surface area contributed by atoms with Crippen LogP contribution in [0.5, 0.6) is 0 Å². The molecule has 0 heterocycles. The zero-order chi connectivity index (χ0) is 38.4. The van der Waals surface area contributed by atoms with E-state index in [2.05, 4.69) is 182 Å². The maximum absolute atomic E-state index is 12.5. The average Bonchev–Trinajstić information content (AvgIpc) is 3.25. The predicted molar refractivity (Wildman–Crippen MR) is 242 cm³/mol. The number of carbonyl (C=O) groups excluding carboxylic acids is 2. The van der Waals surface area contributed by atoms with Crippen LogP contribution in [-0.4, -0.2) is 11.8 Å². The Morgan fingerprint density at radius 2 is 0.732 bits per heavy atom. The molecule has 270 valence electrons. The van der Waals surface area contributed by atoms with Crippen LogP contribution >= 0.6 is 15.8 Å². The second-order valence-corrected chi connectivity index (χ2v) is 17.6. The molecule has 0 radical (unpaired) electrons. The lowest BCUT2D eigenvalue weighted by atomic mass is 9.93. The van der Waals surface area contributed by atoms with Crippen LogP contribution in [0.1, 0.15) is 0 Å². The van der Waals surface area contributed by atoms with Crippen molar-refractivity contribution in [2.75, 3.05) is 10.6 Å². The van der Waals surface area contributed by atoms with Crippen LogP contribution in [0.15, 0.2) is 207 Å². The Balaban J connectivity index is 1.52. The molecule has 8 aromatic carbocycles. The molecule has 8 aromatic rings. The van der Waals surface area contributed by atoms with Gasteiger partial charge in [0, 0.05) is 11.4 Å². The number of anilines is 2. The summed E-state index contributed by atoms with van der Waals surface area (Å²) in [4.78, 5) is 24.9. The second-order valence-electron chi connectivity index (χ2n) is 13.2. The number of amides is 2. The van der Waals surface area contributed by atoms with Crippen molar-refractivity contribution in [1.82, 2.24) is 0 Å². The summed E-state index contributed by atoms with van der Waals surface area (Å²) in [6.45, 7) is 7.31. The first-order chi connectivity index (χ1) is 27.5. The highest BCUT2D eigenvalue weighted by Gasteiger charge is 2.28. The molecule has 4 nitrogen and oxygen atoms in total. The van der Waals surface area contributed by atoms with Gasteiger partial charge < -0.3 is 10.6 Å². The molecule has 0 atom stereocenters. The van der Waals surface area contributed by atoms with Crippen LogP contribution in [0.4, 0.5) is 11.4 Å². The minimum atomic E-state index is -1.05. The first kappa shape index (κ1) is 36.5. The molecule has 8 rings (SSSR count). The van der Waals surface area contributed by atoms with Gasteiger partial charge in [-0.15, -0.1) is 0 Å². The quantitative estimate of drug-likeness (QED) is 0.102. The molecule has 0 saturated heterocycles. The van der Waals surface area contributed by atoms with Gasteiger partial charge in [-0.25, -0.2) is 0 Å². The van der Waals surface area contributed by atoms with Gasteiger partial charge in [0.15, 0.2) is 0 Å². The molecule has 0 aliphatic rings. The molecule has 0 fully saturated rings. The van der Waals surface area contributed by atoms with Crippen LogP contribution in [0, 0.1) is 0 Å². The predicted octanol–water partition coefficient (Wildman–Crippen LogP) is 9.43. The minimum absolute atomic E-state index is 0.259. The summed E-state index contributed by atoms with van der Waals surface area (Å²) in [5.74, 6) is -0.519. The third-order valence-corrected chi connectivity index (χ3v) is 14.7. The molecule has 56 heavy (non-hydrogen) atoms. The van der Waals surface area contributed by atoms with Gasteiger partial charge in [-0.3, -0.25) is 9.59 Å². The molecular formula is C50H38N2O2P2. The highest BCUT2D eigenvalue weighted by molar-refractivity contribution is 7.80. The summed E-state index contributed by atoms with van der Waals surface area (Å²) >= 11 is 0. The summed E-state index contributed by atoms with van der Waals surface area (Å²) in [6.07, 6.45) is 2.57. The van der Waals surface area contributed by atoms with Crippen molar-refractivity contribution in [1.29, 1.82) is 0 Å². The van der Waals surface area contributed by atoms with Crippen molar-refractivity contribution in [3.63, 3.8) is 0 Å². The van der Waals surface area contributed by atoms with Crippen molar-refractivity contribution >= 4 is 92.4 Å².